The summed E-state index contributed by atoms with van der Waals surface area (Å²) in [6, 6.07) is 20.0. The second kappa shape index (κ2) is 21.0. The molecule has 54 heavy (non-hydrogen) atoms. The van der Waals surface area contributed by atoms with E-state index in [1.165, 1.54) is 54.4 Å². The minimum atomic E-state index is -1.08. The van der Waals surface area contributed by atoms with Crippen LogP contribution in [0.4, 0.5) is 0 Å². The van der Waals surface area contributed by atoms with Gasteiger partial charge in [-0.25, -0.2) is 9.59 Å². The second-order valence-corrected chi connectivity index (χ2v) is 14.9. The third-order valence-electron chi connectivity index (χ3n) is 10.6. The standard InChI is InChI=1S/C46H60O8/c1-6-34-26-38(37-18-16-36(17-19-37)35-12-8-7-9-13-35)20-21-42(34)41-27-39(14-10-23-53-44(50)32(2)3)43(52-25-22-46(29-47,30-48)31-49)40(28-41)15-11-24-54-45(51)33(4)5/h16-21,26-28,35,47-49H,2,4,6-15,22-25,29-31H2,1,3,5H3. The Bertz CT molecular complexity index is 1650. The van der Waals surface area contributed by atoms with Crippen molar-refractivity contribution in [3.8, 4) is 28.0 Å². The first-order chi connectivity index (χ1) is 26.0. The first-order valence-corrected chi connectivity index (χ1v) is 19.5. The number of aliphatic hydroxyl groups is 3. The summed E-state index contributed by atoms with van der Waals surface area (Å²) in [4.78, 5) is 24.2. The molecule has 0 atom stereocenters. The summed E-state index contributed by atoms with van der Waals surface area (Å²) in [7, 11) is 0. The summed E-state index contributed by atoms with van der Waals surface area (Å²) in [5, 5.41) is 29.8. The van der Waals surface area contributed by atoms with Crippen LogP contribution in [-0.2, 0) is 38.3 Å². The van der Waals surface area contributed by atoms with Gasteiger partial charge in [0.15, 0.2) is 0 Å². The van der Waals surface area contributed by atoms with E-state index in [0.717, 1.165) is 28.7 Å². The summed E-state index contributed by atoms with van der Waals surface area (Å²) in [5.74, 6) is 0.450. The highest BCUT2D eigenvalue weighted by Crippen LogP contribution is 2.38. The van der Waals surface area contributed by atoms with Gasteiger partial charge in [-0.1, -0.05) is 81.8 Å². The molecule has 8 nitrogen and oxygen atoms in total. The fourth-order valence-electron chi connectivity index (χ4n) is 7.06. The molecule has 1 saturated carbocycles. The van der Waals surface area contributed by atoms with E-state index in [2.05, 4.69) is 74.7 Å². The predicted molar refractivity (Wildman–Crippen MR) is 215 cm³/mol. The molecule has 0 aromatic heterocycles. The average molecular weight is 741 g/mol. The van der Waals surface area contributed by atoms with Gasteiger partial charge in [-0.15, -0.1) is 0 Å². The number of esters is 2. The Hall–Kier alpha value is -4.24. The molecule has 0 heterocycles. The number of hydrogen-bond donors (Lipinski definition) is 3. The minimum absolute atomic E-state index is 0.144. The van der Waals surface area contributed by atoms with E-state index in [1.54, 1.807) is 13.8 Å². The first-order valence-electron chi connectivity index (χ1n) is 19.5. The zero-order valence-electron chi connectivity index (χ0n) is 32.6. The van der Waals surface area contributed by atoms with E-state index in [1.807, 2.05) is 0 Å². The molecule has 1 aliphatic rings. The molecular formula is C46H60O8. The molecule has 0 spiro atoms. The Balaban J connectivity index is 1.70. The van der Waals surface area contributed by atoms with Crippen LogP contribution in [0.1, 0.15) is 100 Å². The maximum absolute atomic E-state index is 12.1. The zero-order valence-corrected chi connectivity index (χ0v) is 32.6. The molecule has 1 aliphatic carbocycles. The van der Waals surface area contributed by atoms with Gasteiger partial charge in [0.25, 0.3) is 0 Å². The van der Waals surface area contributed by atoms with Gasteiger partial charge < -0.3 is 29.5 Å². The van der Waals surface area contributed by atoms with Crippen molar-refractivity contribution < 1.29 is 39.1 Å². The molecule has 4 rings (SSSR count). The Morgan fingerprint density at radius 1 is 0.704 bits per heavy atom. The molecule has 1 fully saturated rings. The normalized spacial score (nSPS) is 13.4. The number of carbonyl (C=O) groups is 2. The largest absolute Gasteiger partial charge is 0.493 e. The molecule has 8 heteroatoms. The van der Waals surface area contributed by atoms with Crippen LogP contribution in [0.25, 0.3) is 22.3 Å². The maximum Gasteiger partial charge on any atom is 0.333 e. The van der Waals surface area contributed by atoms with Crippen LogP contribution >= 0.6 is 0 Å². The lowest BCUT2D eigenvalue weighted by Gasteiger charge is -2.28. The van der Waals surface area contributed by atoms with Crippen LogP contribution in [0.5, 0.6) is 5.75 Å². The lowest BCUT2D eigenvalue weighted by atomic mass is 9.83. The van der Waals surface area contributed by atoms with Crippen molar-refractivity contribution in [2.45, 2.75) is 97.3 Å². The van der Waals surface area contributed by atoms with Crippen molar-refractivity contribution in [3.05, 3.63) is 101 Å². The van der Waals surface area contributed by atoms with Gasteiger partial charge in [-0.2, -0.15) is 0 Å². The summed E-state index contributed by atoms with van der Waals surface area (Å²) < 4.78 is 17.3. The van der Waals surface area contributed by atoms with Crippen LogP contribution < -0.4 is 4.74 Å². The van der Waals surface area contributed by atoms with Crippen molar-refractivity contribution in [1.29, 1.82) is 0 Å². The average Bonchev–Trinajstić information content (AvgIpc) is 3.20. The van der Waals surface area contributed by atoms with Gasteiger partial charge in [-0.3, -0.25) is 0 Å². The predicted octanol–water partition coefficient (Wildman–Crippen LogP) is 8.47. The number of rotatable bonds is 21. The quantitative estimate of drug-likeness (QED) is 0.0565. The molecule has 0 unspecified atom stereocenters. The van der Waals surface area contributed by atoms with Crippen LogP contribution in [-0.4, -0.2) is 66.9 Å². The van der Waals surface area contributed by atoms with Crippen molar-refractivity contribution in [1.82, 2.24) is 0 Å². The minimum Gasteiger partial charge on any atom is -0.493 e. The van der Waals surface area contributed by atoms with Crippen LogP contribution in [0.2, 0.25) is 0 Å². The highest BCUT2D eigenvalue weighted by atomic mass is 16.5. The molecule has 3 N–H and O–H groups in total. The molecule has 3 aromatic carbocycles. The van der Waals surface area contributed by atoms with Crippen molar-refractivity contribution >= 4 is 11.9 Å². The molecule has 3 aromatic rings. The lowest BCUT2D eigenvalue weighted by molar-refractivity contribution is -0.139. The van der Waals surface area contributed by atoms with E-state index in [9.17, 15) is 24.9 Å². The molecule has 0 radical (unpaired) electrons. The smallest absolute Gasteiger partial charge is 0.333 e. The zero-order chi connectivity index (χ0) is 39.1. The van der Waals surface area contributed by atoms with E-state index < -0.39 is 17.4 Å². The maximum atomic E-state index is 12.1. The van der Waals surface area contributed by atoms with Gasteiger partial charge in [-0.05, 0) is 128 Å². The highest BCUT2D eigenvalue weighted by molar-refractivity contribution is 5.87. The number of ether oxygens (including phenoxy) is 3. The number of aliphatic hydroxyl groups excluding tert-OH is 3. The van der Waals surface area contributed by atoms with E-state index in [-0.39, 0.29) is 46.1 Å². The van der Waals surface area contributed by atoms with Crippen LogP contribution in [0, 0.1) is 5.41 Å². The highest BCUT2D eigenvalue weighted by Gasteiger charge is 2.28. The Morgan fingerprint density at radius 2 is 1.22 bits per heavy atom. The lowest BCUT2D eigenvalue weighted by Crippen LogP contribution is -2.35. The van der Waals surface area contributed by atoms with E-state index in [0.29, 0.717) is 48.5 Å². The van der Waals surface area contributed by atoms with Gasteiger partial charge in [0.1, 0.15) is 5.75 Å². The summed E-state index contributed by atoms with van der Waals surface area (Å²) in [5.41, 5.74) is 8.57. The van der Waals surface area contributed by atoms with Crippen LogP contribution in [0.15, 0.2) is 78.9 Å². The summed E-state index contributed by atoms with van der Waals surface area (Å²) in [6.07, 6.45) is 9.74. The molecular weight excluding hydrogens is 680 g/mol. The van der Waals surface area contributed by atoms with E-state index in [4.69, 9.17) is 14.2 Å². The monoisotopic (exact) mass is 740 g/mol. The van der Waals surface area contributed by atoms with Gasteiger partial charge in [0, 0.05) is 16.6 Å². The van der Waals surface area contributed by atoms with Gasteiger partial charge in [0.2, 0.25) is 0 Å². The number of aryl methyl sites for hydroxylation is 3. The third-order valence-corrected chi connectivity index (χ3v) is 10.6. The van der Waals surface area contributed by atoms with E-state index >= 15 is 0 Å². The SMILES string of the molecule is C=C(C)C(=O)OCCCc1cc(-c2ccc(-c3ccc(C4CCCCC4)cc3)cc2CC)cc(CCCOC(=O)C(=C)C)c1OCCC(CO)(CO)CO. The number of benzene rings is 3. The summed E-state index contributed by atoms with van der Waals surface area (Å²) >= 11 is 0. The molecule has 0 amide bonds. The third kappa shape index (κ3) is 11.6. The van der Waals surface area contributed by atoms with Crippen molar-refractivity contribution in [2.75, 3.05) is 39.6 Å². The van der Waals surface area contributed by atoms with Gasteiger partial charge in [0.05, 0.1) is 39.6 Å². The second-order valence-electron chi connectivity index (χ2n) is 14.9. The van der Waals surface area contributed by atoms with Gasteiger partial charge >= 0.3 is 11.9 Å². The first kappa shape index (κ1) is 42.5. The number of hydrogen-bond acceptors (Lipinski definition) is 8. The van der Waals surface area contributed by atoms with Crippen LogP contribution in [0.3, 0.4) is 0 Å². The molecule has 0 bridgehead atoms. The topological polar surface area (TPSA) is 123 Å². The summed E-state index contributed by atoms with van der Waals surface area (Å²) in [6.45, 7) is 12.1. The fraction of sp³-hybridized carbons (Fsp3) is 0.478. The fourth-order valence-corrected chi connectivity index (χ4v) is 7.06. The molecule has 0 aliphatic heterocycles. The Kier molecular flexibility index (Phi) is 16.5. The number of carbonyl (C=O) groups excluding carboxylic acids is 2. The Labute approximate surface area is 321 Å². The molecule has 292 valence electrons. The Morgan fingerprint density at radius 3 is 1.72 bits per heavy atom. The van der Waals surface area contributed by atoms with Crippen molar-refractivity contribution in [3.63, 3.8) is 0 Å². The molecule has 0 saturated heterocycles. The van der Waals surface area contributed by atoms with Crippen molar-refractivity contribution in [2.24, 2.45) is 5.41 Å².